The van der Waals surface area contributed by atoms with E-state index in [-0.39, 0.29) is 5.82 Å². The third kappa shape index (κ3) is 3.26. The normalized spacial score (nSPS) is 22.7. The zero-order chi connectivity index (χ0) is 20.6. The van der Waals surface area contributed by atoms with Gasteiger partial charge in [0.1, 0.15) is 11.6 Å². The molecule has 0 aromatic heterocycles. The van der Waals surface area contributed by atoms with Crippen LogP contribution in [0.15, 0.2) is 59.9 Å². The van der Waals surface area contributed by atoms with E-state index in [1.807, 2.05) is 43.3 Å². The van der Waals surface area contributed by atoms with E-state index in [0.29, 0.717) is 24.4 Å². The molecule has 2 aliphatic heterocycles. The van der Waals surface area contributed by atoms with Gasteiger partial charge in [-0.15, -0.1) is 5.48 Å². The van der Waals surface area contributed by atoms with Gasteiger partial charge in [0, 0.05) is 31.9 Å². The lowest BCUT2D eigenvalue weighted by Gasteiger charge is -2.46. The second-order valence-corrected chi connectivity index (χ2v) is 7.48. The Hall–Kier alpha value is -2.90. The molecule has 2 aromatic carbocycles. The molecule has 1 fully saturated rings. The number of nitrogens with zero attached hydrogens (tertiary/aromatic N) is 2. The van der Waals surface area contributed by atoms with Gasteiger partial charge in [0.25, 0.3) is 5.91 Å². The molecule has 2 aromatic rings. The number of hydroxylamine groups is 1. The van der Waals surface area contributed by atoms with Crippen molar-refractivity contribution >= 4 is 11.6 Å². The van der Waals surface area contributed by atoms with Crippen LogP contribution in [-0.4, -0.2) is 37.0 Å². The predicted octanol–water partition coefficient (Wildman–Crippen LogP) is 2.40. The molecule has 1 amide bonds. The number of aryl methyl sites for hydroxylation is 1. The smallest absolute Gasteiger partial charge is 0.251 e. The monoisotopic (exact) mass is 396 g/mol. The highest BCUT2D eigenvalue weighted by Gasteiger charge is 2.51. The van der Waals surface area contributed by atoms with Crippen molar-refractivity contribution in [3.8, 4) is 0 Å². The number of carbonyl (C=O) groups is 1. The number of benzene rings is 2. The summed E-state index contributed by atoms with van der Waals surface area (Å²) in [5, 5.41) is 0. The van der Waals surface area contributed by atoms with Crippen molar-refractivity contribution < 1.29 is 14.0 Å². The van der Waals surface area contributed by atoms with Crippen LogP contribution in [0.2, 0.25) is 0 Å². The number of anilines is 1. The molecule has 6 nitrogen and oxygen atoms in total. The molecule has 0 bridgehead atoms. The number of rotatable bonds is 4. The third-order valence-electron chi connectivity index (χ3n) is 5.76. The summed E-state index contributed by atoms with van der Waals surface area (Å²) in [4.78, 5) is 22.4. The maximum Gasteiger partial charge on any atom is 0.251 e. The average molecular weight is 396 g/mol. The summed E-state index contributed by atoms with van der Waals surface area (Å²) in [6.07, 6.45) is 0. The summed E-state index contributed by atoms with van der Waals surface area (Å²) in [5.41, 5.74) is 11.2. The van der Waals surface area contributed by atoms with Crippen molar-refractivity contribution in [1.29, 1.82) is 0 Å². The number of allylic oxidation sites excluding steroid dienone is 1. The van der Waals surface area contributed by atoms with Crippen molar-refractivity contribution in [2.24, 2.45) is 5.73 Å². The quantitative estimate of drug-likeness (QED) is 0.831. The lowest BCUT2D eigenvalue weighted by molar-refractivity contribution is -0.116. The van der Waals surface area contributed by atoms with Crippen molar-refractivity contribution in [3.63, 3.8) is 0 Å². The topological polar surface area (TPSA) is 70.8 Å². The largest absolute Gasteiger partial charge is 0.410 e. The van der Waals surface area contributed by atoms with Gasteiger partial charge >= 0.3 is 0 Å². The second kappa shape index (κ2) is 7.50. The molecular formula is C22H25FN4O2. The highest BCUT2D eigenvalue weighted by molar-refractivity contribution is 5.95. The zero-order valence-electron chi connectivity index (χ0n) is 16.6. The Morgan fingerprint density at radius 1 is 1.10 bits per heavy atom. The zero-order valence-corrected chi connectivity index (χ0v) is 16.6. The standard InChI is InChI=1S/C22H25FN4O2/c1-15-14-18(23)8-9-19(15)26-10-12-27(13-11-26)22(17-6-4-3-5-7-17)20(21(24)28)16(2)29-25-22/h3-9,14,25H,10-13H2,1-2H3,(H2,24,28). The summed E-state index contributed by atoms with van der Waals surface area (Å²) in [7, 11) is 0. The fourth-order valence-corrected chi connectivity index (χ4v) is 4.40. The first-order valence-corrected chi connectivity index (χ1v) is 9.70. The predicted molar refractivity (Wildman–Crippen MR) is 109 cm³/mol. The number of halogens is 1. The summed E-state index contributed by atoms with van der Waals surface area (Å²) < 4.78 is 13.5. The Kier molecular flexibility index (Phi) is 5.02. The minimum Gasteiger partial charge on any atom is -0.410 e. The molecule has 2 aliphatic rings. The van der Waals surface area contributed by atoms with Gasteiger partial charge in [0.2, 0.25) is 0 Å². The van der Waals surface area contributed by atoms with Crippen molar-refractivity contribution in [3.05, 3.63) is 76.8 Å². The van der Waals surface area contributed by atoms with Gasteiger partial charge in [0.05, 0.1) is 5.57 Å². The number of nitrogens with one attached hydrogen (secondary N) is 1. The van der Waals surface area contributed by atoms with Crippen LogP contribution in [0.3, 0.4) is 0 Å². The molecule has 3 N–H and O–H groups in total. The fraction of sp³-hybridized carbons (Fsp3) is 0.318. The third-order valence-corrected chi connectivity index (χ3v) is 5.76. The first-order chi connectivity index (χ1) is 13.9. The summed E-state index contributed by atoms with van der Waals surface area (Å²) in [6, 6.07) is 14.6. The Morgan fingerprint density at radius 3 is 2.41 bits per heavy atom. The average Bonchev–Trinajstić information content (AvgIpc) is 3.07. The molecule has 1 atom stereocenters. The lowest BCUT2D eigenvalue weighted by Crippen LogP contribution is -2.62. The van der Waals surface area contributed by atoms with Crippen LogP contribution in [-0.2, 0) is 15.3 Å². The number of hydrogen-bond acceptors (Lipinski definition) is 5. The molecule has 152 valence electrons. The minimum absolute atomic E-state index is 0.230. The van der Waals surface area contributed by atoms with E-state index >= 15 is 0 Å². The maximum absolute atomic E-state index is 13.5. The molecule has 1 unspecified atom stereocenters. The number of nitrogens with two attached hydrogens (primary N) is 1. The molecule has 0 radical (unpaired) electrons. The van der Waals surface area contributed by atoms with Gasteiger partial charge in [-0.3, -0.25) is 9.69 Å². The van der Waals surface area contributed by atoms with Gasteiger partial charge in [-0.05, 0) is 43.2 Å². The molecule has 2 heterocycles. The van der Waals surface area contributed by atoms with Crippen molar-refractivity contribution in [2.75, 3.05) is 31.1 Å². The first kappa shape index (κ1) is 19.4. The molecular weight excluding hydrogens is 371 g/mol. The van der Waals surface area contributed by atoms with Crippen molar-refractivity contribution in [2.45, 2.75) is 19.5 Å². The molecule has 29 heavy (non-hydrogen) atoms. The Morgan fingerprint density at radius 2 is 1.79 bits per heavy atom. The summed E-state index contributed by atoms with van der Waals surface area (Å²) >= 11 is 0. The minimum atomic E-state index is -0.929. The van der Waals surface area contributed by atoms with Crippen LogP contribution in [0.1, 0.15) is 18.1 Å². The Bertz CT molecular complexity index is 955. The number of primary amides is 1. The van der Waals surface area contributed by atoms with E-state index in [4.69, 9.17) is 10.6 Å². The van der Waals surface area contributed by atoms with Crippen molar-refractivity contribution in [1.82, 2.24) is 10.4 Å². The van der Waals surface area contributed by atoms with Crippen LogP contribution in [0.5, 0.6) is 0 Å². The number of hydrogen-bond donors (Lipinski definition) is 2. The number of piperazine rings is 1. The molecule has 7 heteroatoms. The Labute approximate surface area is 169 Å². The fourth-order valence-electron chi connectivity index (χ4n) is 4.40. The van der Waals surface area contributed by atoms with Crippen LogP contribution in [0, 0.1) is 12.7 Å². The van der Waals surface area contributed by atoms with Crippen LogP contribution in [0.4, 0.5) is 10.1 Å². The van der Waals surface area contributed by atoms with E-state index in [0.717, 1.165) is 29.9 Å². The van der Waals surface area contributed by atoms with E-state index in [9.17, 15) is 9.18 Å². The first-order valence-electron chi connectivity index (χ1n) is 9.70. The van der Waals surface area contributed by atoms with E-state index < -0.39 is 11.6 Å². The highest BCUT2D eigenvalue weighted by atomic mass is 19.1. The van der Waals surface area contributed by atoms with Gasteiger partial charge < -0.3 is 15.5 Å². The SMILES string of the molecule is CC1=C(C(N)=O)C(c2ccccc2)(N2CCN(c3ccc(F)cc3C)CC2)NO1. The van der Waals surface area contributed by atoms with Gasteiger partial charge in [-0.2, -0.15) is 0 Å². The second-order valence-electron chi connectivity index (χ2n) is 7.48. The molecule has 0 aliphatic carbocycles. The number of amides is 1. The van der Waals surface area contributed by atoms with Crippen LogP contribution >= 0.6 is 0 Å². The Balaban J connectivity index is 1.66. The van der Waals surface area contributed by atoms with E-state index in [1.165, 1.54) is 6.07 Å². The molecule has 4 rings (SSSR count). The molecule has 0 spiro atoms. The van der Waals surface area contributed by atoms with E-state index in [2.05, 4.69) is 15.3 Å². The number of carbonyl (C=O) groups excluding carboxylic acids is 1. The lowest BCUT2D eigenvalue weighted by atomic mass is 9.88. The molecule has 1 saturated heterocycles. The van der Waals surface area contributed by atoms with Gasteiger partial charge in [0.15, 0.2) is 5.66 Å². The summed E-state index contributed by atoms with van der Waals surface area (Å²) in [5.74, 6) is -0.252. The molecule has 0 saturated carbocycles. The van der Waals surface area contributed by atoms with Crippen LogP contribution in [0.25, 0.3) is 0 Å². The summed E-state index contributed by atoms with van der Waals surface area (Å²) in [6.45, 7) is 6.47. The highest BCUT2D eigenvalue weighted by Crippen LogP contribution is 2.40. The van der Waals surface area contributed by atoms with E-state index in [1.54, 1.807) is 13.0 Å². The van der Waals surface area contributed by atoms with Gasteiger partial charge in [-0.25, -0.2) is 4.39 Å². The van der Waals surface area contributed by atoms with Crippen LogP contribution < -0.4 is 16.1 Å². The van der Waals surface area contributed by atoms with Gasteiger partial charge in [-0.1, -0.05) is 30.3 Å². The maximum atomic E-state index is 13.5.